The maximum Gasteiger partial charge on any atom is 0.238 e. The summed E-state index contributed by atoms with van der Waals surface area (Å²) in [7, 11) is 8.06. The molecular weight excluding hydrogens is 496 g/mol. The fraction of sp³-hybridized carbons (Fsp3) is 0.118. The molecule has 3 aromatic carbocycles. The van der Waals surface area contributed by atoms with Crippen LogP contribution in [-0.2, 0) is 4.74 Å². The molecule has 2 heterocycles. The van der Waals surface area contributed by atoms with Crippen LogP contribution < -0.4 is 9.80 Å². The molecular formula is C34H30N4O2. The van der Waals surface area contributed by atoms with Gasteiger partial charge in [-0.1, -0.05) is 48.6 Å². The molecule has 0 amide bonds. The van der Waals surface area contributed by atoms with Gasteiger partial charge < -0.3 is 19.0 Å². The van der Waals surface area contributed by atoms with Gasteiger partial charge in [0.2, 0.25) is 5.89 Å². The van der Waals surface area contributed by atoms with Gasteiger partial charge in [-0.2, -0.15) is 5.26 Å². The highest BCUT2D eigenvalue weighted by molar-refractivity contribution is 5.84. The van der Waals surface area contributed by atoms with E-state index in [1.807, 2.05) is 88.9 Å². The normalized spacial score (nSPS) is 13.2. The van der Waals surface area contributed by atoms with Gasteiger partial charge in [0.05, 0.1) is 0 Å². The zero-order valence-corrected chi connectivity index (χ0v) is 23.0. The number of ether oxygens (including phenoxy) is 1. The lowest BCUT2D eigenvalue weighted by atomic mass is 10.0. The first kappa shape index (κ1) is 26.3. The van der Waals surface area contributed by atoms with E-state index in [0.717, 1.165) is 22.5 Å². The maximum atomic E-state index is 10.1. The van der Waals surface area contributed by atoms with Crippen LogP contribution in [-0.4, -0.2) is 33.2 Å². The molecule has 40 heavy (non-hydrogen) atoms. The number of rotatable bonds is 7. The molecule has 0 atom stereocenters. The first-order valence-electron chi connectivity index (χ1n) is 12.9. The molecule has 0 aliphatic carbocycles. The van der Waals surface area contributed by atoms with Crippen molar-refractivity contribution >= 4 is 40.2 Å². The second-order valence-corrected chi connectivity index (χ2v) is 9.76. The predicted octanol–water partition coefficient (Wildman–Crippen LogP) is 7.46. The van der Waals surface area contributed by atoms with Crippen molar-refractivity contribution in [3.05, 3.63) is 131 Å². The molecule has 198 valence electrons. The van der Waals surface area contributed by atoms with Crippen LogP contribution in [0.1, 0.15) is 17.0 Å². The topological polar surface area (TPSA) is 65.5 Å². The number of benzene rings is 3. The van der Waals surface area contributed by atoms with Crippen molar-refractivity contribution in [2.75, 3.05) is 38.0 Å². The third-order valence-electron chi connectivity index (χ3n) is 6.44. The van der Waals surface area contributed by atoms with Gasteiger partial charge in [0, 0.05) is 45.1 Å². The van der Waals surface area contributed by atoms with Crippen molar-refractivity contribution in [1.29, 1.82) is 5.26 Å². The second-order valence-electron chi connectivity index (χ2n) is 9.76. The molecule has 0 fully saturated rings. The lowest BCUT2D eigenvalue weighted by Crippen LogP contribution is -2.07. The lowest BCUT2D eigenvalue weighted by molar-refractivity contribution is 0.332. The molecule has 1 aliphatic heterocycles. The van der Waals surface area contributed by atoms with Crippen LogP contribution in [0.3, 0.4) is 0 Å². The summed E-state index contributed by atoms with van der Waals surface area (Å²) in [5.74, 6) is 1.47. The van der Waals surface area contributed by atoms with Crippen molar-refractivity contribution in [2.24, 2.45) is 0 Å². The highest BCUT2D eigenvalue weighted by atomic mass is 16.5. The van der Waals surface area contributed by atoms with E-state index in [2.05, 4.69) is 69.4 Å². The summed E-state index contributed by atoms with van der Waals surface area (Å²) in [4.78, 5) is 8.67. The average molecular weight is 527 g/mol. The quantitative estimate of drug-likeness (QED) is 0.233. The molecule has 5 rings (SSSR count). The Hall–Kier alpha value is -5.28. The van der Waals surface area contributed by atoms with Gasteiger partial charge in [0.15, 0.2) is 5.58 Å². The Morgan fingerprint density at radius 3 is 1.73 bits per heavy atom. The van der Waals surface area contributed by atoms with Gasteiger partial charge in [-0.3, -0.25) is 0 Å². The summed E-state index contributed by atoms with van der Waals surface area (Å²) in [5.41, 5.74) is 6.65. The highest BCUT2D eigenvalue weighted by Gasteiger charge is 2.18. The lowest BCUT2D eigenvalue weighted by Gasteiger charge is -2.15. The van der Waals surface area contributed by atoms with Crippen LogP contribution in [0.5, 0.6) is 0 Å². The Balaban J connectivity index is 1.51. The van der Waals surface area contributed by atoms with Gasteiger partial charge in [-0.15, -0.1) is 0 Å². The molecule has 0 saturated heterocycles. The third kappa shape index (κ3) is 6.06. The second kappa shape index (κ2) is 11.6. The molecule has 6 nitrogen and oxygen atoms in total. The number of nitriles is 1. The summed E-state index contributed by atoms with van der Waals surface area (Å²) in [5, 5.41) is 10.1. The zero-order chi connectivity index (χ0) is 28.1. The van der Waals surface area contributed by atoms with Crippen LogP contribution in [0.2, 0.25) is 0 Å². The Bertz CT molecular complexity index is 1600. The Morgan fingerprint density at radius 1 is 0.725 bits per heavy atom. The Morgan fingerprint density at radius 2 is 1.25 bits per heavy atom. The molecule has 0 spiro atoms. The molecule has 4 aromatic rings. The molecule has 0 N–H and O–H groups in total. The third-order valence-corrected chi connectivity index (χ3v) is 6.44. The van der Waals surface area contributed by atoms with Crippen LogP contribution in [0.25, 0.3) is 28.8 Å². The number of hydrogen-bond acceptors (Lipinski definition) is 6. The van der Waals surface area contributed by atoms with Gasteiger partial charge in [0.25, 0.3) is 0 Å². The van der Waals surface area contributed by atoms with E-state index in [9.17, 15) is 5.26 Å². The summed E-state index contributed by atoms with van der Waals surface area (Å²) in [6.45, 7) is 0. The van der Waals surface area contributed by atoms with E-state index >= 15 is 0 Å². The molecule has 0 unspecified atom stereocenters. The molecule has 1 aromatic heterocycles. The van der Waals surface area contributed by atoms with E-state index in [-0.39, 0.29) is 5.89 Å². The molecule has 0 saturated carbocycles. The fourth-order valence-electron chi connectivity index (χ4n) is 4.19. The SMILES string of the molecule is CN(C)c1ccc(/C=C/C2=CC(=C(C#N)c3nc4ccccc4o3)C=C(/C=C/c3ccc(N(C)C)cc3)O2)cc1. The minimum atomic E-state index is 0.276. The first-order chi connectivity index (χ1) is 19.4. The van der Waals surface area contributed by atoms with Gasteiger partial charge >= 0.3 is 0 Å². The number of fused-ring (bicyclic) bond motifs is 1. The fourth-order valence-corrected chi connectivity index (χ4v) is 4.19. The van der Waals surface area contributed by atoms with Crippen molar-refractivity contribution in [1.82, 2.24) is 4.98 Å². The largest absolute Gasteiger partial charge is 0.457 e. The summed E-state index contributed by atoms with van der Waals surface area (Å²) >= 11 is 0. The standard InChI is InChI=1S/C34H30N4O2/c1-37(2)27-15-9-24(10-16-27)13-19-29-21-26(31(23-35)34-36-32-7-5-6-8-33(32)40-34)22-30(39-29)20-14-25-11-17-28(18-12-25)38(3)4/h5-22H,1-4H3/b19-13+,20-14+. The highest BCUT2D eigenvalue weighted by Crippen LogP contribution is 2.30. The van der Waals surface area contributed by atoms with E-state index < -0.39 is 0 Å². The average Bonchev–Trinajstić information content (AvgIpc) is 3.39. The van der Waals surface area contributed by atoms with Gasteiger partial charge in [-0.05, 0) is 71.8 Å². The minimum Gasteiger partial charge on any atom is -0.457 e. The van der Waals surface area contributed by atoms with E-state index in [0.29, 0.717) is 33.8 Å². The predicted molar refractivity (Wildman–Crippen MR) is 163 cm³/mol. The molecule has 0 radical (unpaired) electrons. The molecule has 6 heteroatoms. The Kier molecular flexibility index (Phi) is 7.65. The maximum absolute atomic E-state index is 10.1. The van der Waals surface area contributed by atoms with E-state index in [1.165, 1.54) is 0 Å². The van der Waals surface area contributed by atoms with Crippen molar-refractivity contribution in [3.8, 4) is 6.07 Å². The van der Waals surface area contributed by atoms with Gasteiger partial charge in [-0.25, -0.2) is 4.98 Å². The van der Waals surface area contributed by atoms with E-state index in [4.69, 9.17) is 9.15 Å². The first-order valence-corrected chi connectivity index (χ1v) is 12.9. The minimum absolute atomic E-state index is 0.276. The van der Waals surface area contributed by atoms with Crippen LogP contribution in [0, 0.1) is 11.3 Å². The van der Waals surface area contributed by atoms with E-state index in [1.54, 1.807) is 0 Å². The number of allylic oxidation sites excluding steroid dienone is 6. The zero-order valence-electron chi connectivity index (χ0n) is 23.0. The Labute approximate surface area is 234 Å². The number of oxazole rings is 1. The summed E-state index contributed by atoms with van der Waals surface area (Å²) < 4.78 is 12.1. The van der Waals surface area contributed by atoms with Crippen LogP contribution in [0.4, 0.5) is 11.4 Å². The van der Waals surface area contributed by atoms with Crippen LogP contribution in [0.15, 0.2) is 119 Å². The molecule has 1 aliphatic rings. The molecule has 0 bridgehead atoms. The monoisotopic (exact) mass is 526 g/mol. The number of nitrogens with zero attached hydrogens (tertiary/aromatic N) is 4. The summed E-state index contributed by atoms with van der Waals surface area (Å²) in [6.07, 6.45) is 11.4. The number of anilines is 2. The van der Waals surface area contributed by atoms with Crippen LogP contribution >= 0.6 is 0 Å². The van der Waals surface area contributed by atoms with Crippen molar-refractivity contribution < 1.29 is 9.15 Å². The smallest absolute Gasteiger partial charge is 0.238 e. The number of hydrogen-bond donors (Lipinski definition) is 0. The summed E-state index contributed by atoms with van der Waals surface area (Å²) in [6, 6.07) is 26.3. The number of aromatic nitrogens is 1. The number of para-hydroxylation sites is 2. The van der Waals surface area contributed by atoms with Crippen molar-refractivity contribution in [2.45, 2.75) is 0 Å². The van der Waals surface area contributed by atoms with Crippen molar-refractivity contribution in [3.63, 3.8) is 0 Å². The van der Waals surface area contributed by atoms with Gasteiger partial charge in [0.1, 0.15) is 28.7 Å².